The molecule has 1 aliphatic rings. The summed E-state index contributed by atoms with van der Waals surface area (Å²) in [5, 5.41) is 3.36. The maximum absolute atomic E-state index is 5.84. The Morgan fingerprint density at radius 1 is 1.56 bits per heavy atom. The van der Waals surface area contributed by atoms with Crippen molar-refractivity contribution in [2.45, 2.75) is 51.5 Å². The third-order valence-electron chi connectivity index (χ3n) is 3.83. The Hall–Kier alpha value is -0.120. The van der Waals surface area contributed by atoms with Crippen molar-refractivity contribution < 1.29 is 0 Å². The molecule has 2 nitrogen and oxygen atoms in total. The number of alkyl halides is 1. The van der Waals surface area contributed by atoms with Crippen LogP contribution >= 0.6 is 22.9 Å². The highest BCUT2D eigenvalue weighted by molar-refractivity contribution is 7.09. The average Bonchev–Trinajstić information content (AvgIpc) is 3.01. The molecule has 0 spiro atoms. The lowest BCUT2D eigenvalue weighted by atomic mass is 10.0. The Kier molecular flexibility index (Phi) is 5.46. The van der Waals surface area contributed by atoms with Crippen LogP contribution in [0.2, 0.25) is 0 Å². The summed E-state index contributed by atoms with van der Waals surface area (Å²) in [6, 6.07) is 0.508. The molecule has 0 bridgehead atoms. The summed E-state index contributed by atoms with van der Waals surface area (Å²) in [6.45, 7) is 7.04. The second kappa shape index (κ2) is 6.88. The zero-order chi connectivity index (χ0) is 13.0. The zero-order valence-electron chi connectivity index (χ0n) is 11.4. The first-order valence-electron chi connectivity index (χ1n) is 7.02. The summed E-state index contributed by atoms with van der Waals surface area (Å²) < 4.78 is 0. The fourth-order valence-electron chi connectivity index (χ4n) is 2.92. The molecule has 1 fully saturated rings. The Bertz CT molecular complexity index is 366. The summed E-state index contributed by atoms with van der Waals surface area (Å²) >= 11 is 7.61. The van der Waals surface area contributed by atoms with Gasteiger partial charge in [-0.1, -0.05) is 20.3 Å². The molecule has 4 heteroatoms. The number of hydrogen-bond donors (Lipinski definition) is 0. The number of aromatic nitrogens is 1. The van der Waals surface area contributed by atoms with E-state index in [-0.39, 0.29) is 0 Å². The van der Waals surface area contributed by atoms with E-state index in [1.165, 1.54) is 37.4 Å². The molecule has 0 N–H and O–H groups in total. The highest BCUT2D eigenvalue weighted by atomic mass is 35.5. The van der Waals surface area contributed by atoms with Crippen LogP contribution in [0.15, 0.2) is 5.38 Å². The van der Waals surface area contributed by atoms with E-state index in [0.29, 0.717) is 11.9 Å². The van der Waals surface area contributed by atoms with Gasteiger partial charge in [-0.15, -0.1) is 22.9 Å². The lowest BCUT2D eigenvalue weighted by Gasteiger charge is -2.25. The Balaban J connectivity index is 2.01. The minimum atomic E-state index is 0.508. The molecular weight excluding hydrogens is 264 g/mol. The van der Waals surface area contributed by atoms with Gasteiger partial charge in [-0.25, -0.2) is 4.98 Å². The minimum Gasteiger partial charge on any atom is -0.294 e. The fraction of sp³-hybridized carbons (Fsp3) is 0.786. The molecule has 2 rings (SSSR count). The van der Waals surface area contributed by atoms with Crippen molar-refractivity contribution in [2.24, 2.45) is 5.92 Å². The molecule has 0 radical (unpaired) electrons. The zero-order valence-corrected chi connectivity index (χ0v) is 12.9. The van der Waals surface area contributed by atoms with Gasteiger partial charge in [-0.05, 0) is 31.7 Å². The van der Waals surface area contributed by atoms with Crippen LogP contribution in [0, 0.1) is 5.92 Å². The quantitative estimate of drug-likeness (QED) is 0.718. The smallest absolute Gasteiger partial charge is 0.110 e. The molecule has 1 aromatic rings. The lowest BCUT2D eigenvalue weighted by Crippen LogP contribution is -2.26. The molecule has 0 aliphatic carbocycles. The maximum Gasteiger partial charge on any atom is 0.110 e. The molecule has 0 saturated carbocycles. The average molecular weight is 287 g/mol. The Morgan fingerprint density at radius 3 is 3.00 bits per heavy atom. The van der Waals surface area contributed by atoms with E-state index in [2.05, 4.69) is 29.1 Å². The number of halogens is 1. The SMILES string of the molecule is CCCC1CCN(C(CC)c2nc(CCl)cs2)C1. The van der Waals surface area contributed by atoms with E-state index in [4.69, 9.17) is 11.6 Å². The summed E-state index contributed by atoms with van der Waals surface area (Å²) in [7, 11) is 0. The first kappa shape index (κ1) is 14.3. The van der Waals surface area contributed by atoms with Gasteiger partial charge in [-0.3, -0.25) is 4.90 Å². The molecule has 2 atom stereocenters. The van der Waals surface area contributed by atoms with Gasteiger partial charge in [0.25, 0.3) is 0 Å². The molecule has 1 aromatic heterocycles. The van der Waals surface area contributed by atoms with Gasteiger partial charge in [0.15, 0.2) is 0 Å². The van der Waals surface area contributed by atoms with Crippen molar-refractivity contribution in [1.29, 1.82) is 0 Å². The molecule has 1 aliphatic heterocycles. The first-order valence-corrected chi connectivity index (χ1v) is 8.44. The van der Waals surface area contributed by atoms with Gasteiger partial charge in [0.05, 0.1) is 17.6 Å². The summed E-state index contributed by atoms with van der Waals surface area (Å²) in [5.74, 6) is 1.43. The fourth-order valence-corrected chi connectivity index (χ4v) is 4.18. The molecule has 1 saturated heterocycles. The van der Waals surface area contributed by atoms with Crippen molar-refractivity contribution in [1.82, 2.24) is 9.88 Å². The summed E-state index contributed by atoms with van der Waals surface area (Å²) in [5.41, 5.74) is 1.03. The van der Waals surface area contributed by atoms with Crippen LogP contribution in [-0.2, 0) is 5.88 Å². The van der Waals surface area contributed by atoms with Gasteiger partial charge in [0, 0.05) is 11.9 Å². The normalized spacial score (nSPS) is 22.5. The second-order valence-corrected chi connectivity index (χ2v) is 6.33. The third kappa shape index (κ3) is 3.25. The largest absolute Gasteiger partial charge is 0.294 e. The number of rotatable bonds is 6. The van der Waals surface area contributed by atoms with Crippen LogP contribution < -0.4 is 0 Å². The Morgan fingerprint density at radius 2 is 2.39 bits per heavy atom. The van der Waals surface area contributed by atoms with E-state index < -0.39 is 0 Å². The Labute approximate surface area is 119 Å². The summed E-state index contributed by atoms with van der Waals surface area (Å²) in [4.78, 5) is 7.28. The van der Waals surface area contributed by atoms with Crippen molar-refractivity contribution in [3.63, 3.8) is 0 Å². The van der Waals surface area contributed by atoms with Gasteiger partial charge < -0.3 is 0 Å². The van der Waals surface area contributed by atoms with E-state index in [1.54, 1.807) is 11.3 Å². The lowest BCUT2D eigenvalue weighted by molar-refractivity contribution is 0.228. The number of likely N-dealkylation sites (tertiary alicyclic amines) is 1. The number of nitrogens with zero attached hydrogens (tertiary/aromatic N) is 2. The molecule has 0 amide bonds. The molecule has 18 heavy (non-hydrogen) atoms. The van der Waals surface area contributed by atoms with Crippen molar-refractivity contribution >= 4 is 22.9 Å². The maximum atomic E-state index is 5.84. The highest BCUT2D eigenvalue weighted by Gasteiger charge is 2.29. The van der Waals surface area contributed by atoms with Crippen molar-refractivity contribution in [3.05, 3.63) is 16.1 Å². The van der Waals surface area contributed by atoms with Crippen LogP contribution in [0.1, 0.15) is 56.3 Å². The molecule has 102 valence electrons. The van der Waals surface area contributed by atoms with E-state index in [9.17, 15) is 0 Å². The van der Waals surface area contributed by atoms with Crippen molar-refractivity contribution in [3.8, 4) is 0 Å². The van der Waals surface area contributed by atoms with Crippen LogP contribution in [0.3, 0.4) is 0 Å². The number of hydrogen-bond acceptors (Lipinski definition) is 3. The third-order valence-corrected chi connectivity index (χ3v) is 5.10. The predicted octanol–water partition coefficient (Wildman–Crippen LogP) is 4.46. The molecule has 2 heterocycles. The summed E-state index contributed by atoms with van der Waals surface area (Å²) in [6.07, 6.45) is 5.19. The molecule has 2 unspecified atom stereocenters. The van der Waals surface area contributed by atoms with Crippen LogP contribution in [0.25, 0.3) is 0 Å². The molecule has 0 aromatic carbocycles. The van der Waals surface area contributed by atoms with Gasteiger partial charge >= 0.3 is 0 Å². The van der Waals surface area contributed by atoms with Gasteiger partial charge in [0.1, 0.15) is 5.01 Å². The van der Waals surface area contributed by atoms with Crippen molar-refractivity contribution in [2.75, 3.05) is 13.1 Å². The second-order valence-electron chi connectivity index (χ2n) is 5.17. The first-order chi connectivity index (χ1) is 8.78. The van der Waals surface area contributed by atoms with Gasteiger partial charge in [0.2, 0.25) is 0 Å². The minimum absolute atomic E-state index is 0.508. The number of thiazole rings is 1. The highest BCUT2D eigenvalue weighted by Crippen LogP contribution is 2.33. The monoisotopic (exact) mass is 286 g/mol. The van der Waals surface area contributed by atoms with Gasteiger partial charge in [-0.2, -0.15) is 0 Å². The van der Waals surface area contributed by atoms with Crippen LogP contribution in [0.4, 0.5) is 0 Å². The van der Waals surface area contributed by atoms with E-state index in [1.807, 2.05) is 0 Å². The van der Waals surface area contributed by atoms with Crippen LogP contribution in [-0.4, -0.2) is 23.0 Å². The predicted molar refractivity (Wildman–Crippen MR) is 79.3 cm³/mol. The topological polar surface area (TPSA) is 16.1 Å². The van der Waals surface area contributed by atoms with E-state index >= 15 is 0 Å². The van der Waals surface area contributed by atoms with E-state index in [0.717, 1.165) is 18.0 Å². The standard InChI is InChI=1S/C14H23ClN2S/c1-3-5-11-6-7-17(9-11)13(4-2)14-16-12(8-15)10-18-14/h10-11,13H,3-9H2,1-2H3. The van der Waals surface area contributed by atoms with Crippen LogP contribution in [0.5, 0.6) is 0 Å². The molecular formula is C14H23ClN2S.